The predicted octanol–water partition coefficient (Wildman–Crippen LogP) is 3.20. The molecule has 1 N–H and O–H groups in total. The molecule has 11 heteroatoms. The first-order valence-corrected chi connectivity index (χ1v) is 13.9. The van der Waals surface area contributed by atoms with Gasteiger partial charge < -0.3 is 14.2 Å². The second-order valence-electron chi connectivity index (χ2n) is 9.52. The first kappa shape index (κ1) is 23.0. The first-order chi connectivity index (χ1) is 17.3. The van der Waals surface area contributed by atoms with Crippen LogP contribution in [0.5, 0.6) is 5.75 Å². The summed E-state index contributed by atoms with van der Waals surface area (Å²) in [6.07, 6.45) is 4.41. The van der Waals surface area contributed by atoms with E-state index in [-0.39, 0.29) is 12.1 Å². The number of sulfonamides is 1. The summed E-state index contributed by atoms with van der Waals surface area (Å²) in [4.78, 5) is 11.9. The van der Waals surface area contributed by atoms with Crippen LogP contribution in [0.25, 0.3) is 22.2 Å². The number of hydrogen-bond acceptors (Lipinski definition) is 8. The Morgan fingerprint density at radius 1 is 1.11 bits per heavy atom. The van der Waals surface area contributed by atoms with E-state index < -0.39 is 10.0 Å². The number of anilines is 1. The lowest BCUT2D eigenvalue weighted by molar-refractivity contribution is 0.257. The molecule has 0 spiro atoms. The Balaban J connectivity index is 1.48. The topological polar surface area (TPSA) is 115 Å². The minimum atomic E-state index is -3.24. The van der Waals surface area contributed by atoms with Crippen LogP contribution < -0.4 is 14.4 Å². The zero-order valence-corrected chi connectivity index (χ0v) is 21.2. The number of benzene rings is 1. The maximum atomic E-state index is 11.7. The molecule has 1 fully saturated rings. The van der Waals surface area contributed by atoms with Crippen LogP contribution in [0.1, 0.15) is 36.0 Å². The standard InChI is InChI=1S/C25H28N6O4S/c1-15-22(16(2)35-28-15)18-7-8-20-23-24(18)34-14-21(19-6-4-5-11-26-19)31(23)25(27-20)30-12-9-17(10-13-30)29-36(3,32)33/h4-8,11,17,21,29H,9-10,12-14H2,1-3H3/t21-/m1/s1. The van der Waals surface area contributed by atoms with Gasteiger partial charge in [-0.3, -0.25) is 9.55 Å². The second kappa shape index (κ2) is 8.59. The highest BCUT2D eigenvalue weighted by molar-refractivity contribution is 7.88. The molecule has 2 aliphatic heterocycles. The zero-order valence-electron chi connectivity index (χ0n) is 20.4. The van der Waals surface area contributed by atoms with Gasteiger partial charge in [-0.05, 0) is 51.0 Å². The van der Waals surface area contributed by atoms with Crippen molar-refractivity contribution in [1.29, 1.82) is 0 Å². The van der Waals surface area contributed by atoms with Gasteiger partial charge in [-0.2, -0.15) is 0 Å². The smallest absolute Gasteiger partial charge is 0.208 e. The summed E-state index contributed by atoms with van der Waals surface area (Å²) >= 11 is 0. The van der Waals surface area contributed by atoms with Crippen LogP contribution in [0.3, 0.4) is 0 Å². The normalized spacial score (nSPS) is 18.5. The van der Waals surface area contributed by atoms with Gasteiger partial charge in [-0.1, -0.05) is 11.2 Å². The molecule has 0 unspecified atom stereocenters. The Morgan fingerprint density at radius 3 is 2.58 bits per heavy atom. The van der Waals surface area contributed by atoms with Crippen LogP contribution in [0.15, 0.2) is 41.1 Å². The molecule has 188 valence electrons. The number of nitrogens with one attached hydrogen (secondary N) is 1. The highest BCUT2D eigenvalue weighted by Crippen LogP contribution is 2.46. The lowest BCUT2D eigenvalue weighted by Gasteiger charge is -2.35. The number of piperidine rings is 1. The van der Waals surface area contributed by atoms with Crippen molar-refractivity contribution in [3.8, 4) is 16.9 Å². The van der Waals surface area contributed by atoms with E-state index >= 15 is 0 Å². The molecule has 1 aromatic carbocycles. The number of hydrogen-bond donors (Lipinski definition) is 1. The van der Waals surface area contributed by atoms with Gasteiger partial charge in [0.25, 0.3) is 0 Å². The van der Waals surface area contributed by atoms with Crippen LogP contribution in [-0.4, -0.2) is 60.1 Å². The van der Waals surface area contributed by atoms with Crippen molar-refractivity contribution in [3.05, 3.63) is 53.7 Å². The number of aromatic nitrogens is 4. The summed E-state index contributed by atoms with van der Waals surface area (Å²) in [7, 11) is -3.24. The highest BCUT2D eigenvalue weighted by Gasteiger charge is 2.34. The largest absolute Gasteiger partial charge is 0.488 e. The Kier molecular flexibility index (Phi) is 5.49. The molecule has 0 radical (unpaired) electrons. The van der Waals surface area contributed by atoms with Crippen molar-refractivity contribution in [2.24, 2.45) is 0 Å². The van der Waals surface area contributed by atoms with Crippen LogP contribution in [0.4, 0.5) is 5.95 Å². The summed E-state index contributed by atoms with van der Waals surface area (Å²) in [5.41, 5.74) is 5.34. The molecule has 36 heavy (non-hydrogen) atoms. The third-order valence-electron chi connectivity index (χ3n) is 6.97. The number of rotatable bonds is 5. The summed E-state index contributed by atoms with van der Waals surface area (Å²) in [6, 6.07) is 9.71. The third-order valence-corrected chi connectivity index (χ3v) is 7.74. The van der Waals surface area contributed by atoms with E-state index in [1.165, 1.54) is 6.26 Å². The van der Waals surface area contributed by atoms with Crippen molar-refractivity contribution < 1.29 is 17.7 Å². The zero-order chi connectivity index (χ0) is 25.0. The average Bonchev–Trinajstić information content (AvgIpc) is 3.41. The molecule has 6 rings (SSSR count). The molecule has 3 aromatic heterocycles. The fraction of sp³-hybridized carbons (Fsp3) is 0.400. The fourth-order valence-corrected chi connectivity index (χ4v) is 6.24. The maximum Gasteiger partial charge on any atom is 0.208 e. The Labute approximate surface area is 209 Å². The van der Waals surface area contributed by atoms with E-state index in [1.54, 1.807) is 6.20 Å². The fourth-order valence-electron chi connectivity index (χ4n) is 5.40. The molecule has 1 saturated heterocycles. The van der Waals surface area contributed by atoms with Crippen molar-refractivity contribution in [1.82, 2.24) is 24.4 Å². The molecule has 0 bridgehead atoms. The Bertz CT molecular complexity index is 1520. The number of imidazole rings is 1. The molecular weight excluding hydrogens is 480 g/mol. The van der Waals surface area contributed by atoms with Gasteiger partial charge in [0.1, 0.15) is 23.9 Å². The van der Waals surface area contributed by atoms with Crippen molar-refractivity contribution in [3.63, 3.8) is 0 Å². The quantitative estimate of drug-likeness (QED) is 0.437. The van der Waals surface area contributed by atoms with Crippen molar-refractivity contribution in [2.45, 2.75) is 38.8 Å². The first-order valence-electron chi connectivity index (χ1n) is 12.0. The average molecular weight is 509 g/mol. The number of aryl methyl sites for hydroxylation is 2. The number of nitrogens with zero attached hydrogens (tertiary/aromatic N) is 5. The van der Waals surface area contributed by atoms with Gasteiger partial charge in [0.2, 0.25) is 16.0 Å². The Morgan fingerprint density at radius 2 is 1.92 bits per heavy atom. The molecule has 0 aliphatic carbocycles. The Hall–Kier alpha value is -3.44. The number of pyridine rings is 1. The molecule has 2 aliphatic rings. The maximum absolute atomic E-state index is 11.7. The summed E-state index contributed by atoms with van der Waals surface area (Å²) < 4.78 is 40.3. The van der Waals surface area contributed by atoms with Crippen molar-refractivity contribution in [2.75, 3.05) is 30.9 Å². The highest BCUT2D eigenvalue weighted by atomic mass is 32.2. The van der Waals surface area contributed by atoms with Crippen LogP contribution in [0.2, 0.25) is 0 Å². The van der Waals surface area contributed by atoms with Gasteiger partial charge in [-0.15, -0.1) is 0 Å². The van der Waals surface area contributed by atoms with Gasteiger partial charge >= 0.3 is 0 Å². The van der Waals surface area contributed by atoms with Gasteiger partial charge in [-0.25, -0.2) is 18.1 Å². The minimum Gasteiger partial charge on any atom is -0.488 e. The molecule has 5 heterocycles. The van der Waals surface area contributed by atoms with Crippen LogP contribution >= 0.6 is 0 Å². The van der Waals surface area contributed by atoms with E-state index in [0.717, 1.165) is 51.0 Å². The molecule has 0 amide bonds. The van der Waals surface area contributed by atoms with Crippen molar-refractivity contribution >= 4 is 27.0 Å². The minimum absolute atomic E-state index is 0.0707. The molecular formula is C25H28N6O4S. The third kappa shape index (κ3) is 3.92. The molecule has 1 atom stereocenters. The van der Waals surface area contributed by atoms with Gasteiger partial charge in [0, 0.05) is 30.9 Å². The van der Waals surface area contributed by atoms with E-state index in [2.05, 4.69) is 24.3 Å². The van der Waals surface area contributed by atoms with E-state index in [4.69, 9.17) is 14.2 Å². The van der Waals surface area contributed by atoms with E-state index in [9.17, 15) is 8.42 Å². The van der Waals surface area contributed by atoms with Gasteiger partial charge in [0.05, 0.1) is 28.7 Å². The monoisotopic (exact) mass is 508 g/mol. The van der Waals surface area contributed by atoms with E-state index in [0.29, 0.717) is 32.5 Å². The van der Waals surface area contributed by atoms with Crippen LogP contribution in [0, 0.1) is 13.8 Å². The summed E-state index contributed by atoms with van der Waals surface area (Å²) in [6.45, 7) is 5.63. The van der Waals surface area contributed by atoms with E-state index in [1.807, 2.05) is 44.2 Å². The molecule has 10 nitrogen and oxygen atoms in total. The molecule has 0 saturated carbocycles. The summed E-state index contributed by atoms with van der Waals surface area (Å²) in [5, 5.41) is 4.14. The lowest BCUT2D eigenvalue weighted by Crippen LogP contribution is -2.45. The van der Waals surface area contributed by atoms with Crippen LogP contribution in [-0.2, 0) is 10.0 Å². The predicted molar refractivity (Wildman–Crippen MR) is 136 cm³/mol. The number of ether oxygens (including phenoxy) is 1. The second-order valence-corrected chi connectivity index (χ2v) is 11.3. The lowest BCUT2D eigenvalue weighted by atomic mass is 10.0. The van der Waals surface area contributed by atoms with Gasteiger partial charge in [0.15, 0.2) is 5.75 Å². The summed E-state index contributed by atoms with van der Waals surface area (Å²) in [5.74, 6) is 2.35. The SMILES string of the molecule is Cc1noc(C)c1-c1ccc2nc(N3CCC(NS(C)(=O)=O)CC3)n3c2c1OC[C@@H]3c1ccccn1. The molecule has 4 aromatic rings.